The van der Waals surface area contributed by atoms with Gasteiger partial charge in [0.15, 0.2) is 16.8 Å². The largest absolute Gasteiger partial charge is 0.497 e. The molecule has 0 fully saturated rings. The molecular formula is C27H21F3N4O3S. The summed E-state index contributed by atoms with van der Waals surface area (Å²) >= 11 is 1.10. The number of halogens is 3. The Balaban J connectivity index is 1.34. The van der Waals surface area contributed by atoms with Gasteiger partial charge in [-0.3, -0.25) is 9.59 Å². The zero-order chi connectivity index (χ0) is 26.8. The molecule has 2 aliphatic heterocycles. The zero-order valence-corrected chi connectivity index (χ0v) is 20.8. The van der Waals surface area contributed by atoms with Gasteiger partial charge in [0.1, 0.15) is 16.8 Å². The van der Waals surface area contributed by atoms with E-state index < -0.39 is 28.7 Å². The van der Waals surface area contributed by atoms with Gasteiger partial charge in [0.05, 0.1) is 18.9 Å². The topological polar surface area (TPSA) is 83.4 Å². The van der Waals surface area contributed by atoms with Gasteiger partial charge in [-0.25, -0.2) is 18.2 Å². The minimum atomic E-state index is -1.09. The van der Waals surface area contributed by atoms with Crippen LogP contribution >= 0.6 is 11.8 Å². The number of nitrogens with zero attached hydrogens (tertiary/aromatic N) is 3. The lowest BCUT2D eigenvalue weighted by molar-refractivity contribution is -0.121. The Hall–Kier alpha value is -4.12. The number of hydrogen-bond donors (Lipinski definition) is 1. The summed E-state index contributed by atoms with van der Waals surface area (Å²) in [5.41, 5.74) is 2.47. The standard InChI is InChI=1S/C27H21F3N4O3S/c1-37-19-9-4-15(5-10-19)22-13-23(16-2-6-17(28)7-3-16)34(33-22)27-32-26(36)24(38-27)14-25(35)31-18-8-11-20(29)21(30)12-18/h2-12,23-24H,13-14H2,1H3,(H,31,35)/t23-,24-/m0/s1. The quantitative estimate of drug-likeness (QED) is 0.461. The third-order valence-corrected chi connectivity index (χ3v) is 7.23. The van der Waals surface area contributed by atoms with Crippen molar-refractivity contribution in [3.8, 4) is 5.75 Å². The molecule has 2 amide bonds. The average Bonchev–Trinajstić information content (AvgIpc) is 3.51. The minimum absolute atomic E-state index is 0.0788. The lowest BCUT2D eigenvalue weighted by Crippen LogP contribution is -2.25. The van der Waals surface area contributed by atoms with E-state index >= 15 is 0 Å². The van der Waals surface area contributed by atoms with Crippen LogP contribution in [0.15, 0.2) is 76.8 Å². The highest BCUT2D eigenvalue weighted by atomic mass is 32.2. The molecule has 0 radical (unpaired) electrons. The summed E-state index contributed by atoms with van der Waals surface area (Å²) in [6.07, 6.45) is 0.257. The first kappa shape index (κ1) is 25.5. The second-order valence-corrected chi connectivity index (χ2v) is 9.78. The van der Waals surface area contributed by atoms with Gasteiger partial charge in [-0.05, 0) is 59.7 Å². The number of thioether (sulfide) groups is 1. The molecule has 2 aliphatic rings. The van der Waals surface area contributed by atoms with Gasteiger partial charge >= 0.3 is 0 Å². The molecule has 11 heteroatoms. The van der Waals surface area contributed by atoms with Gasteiger partial charge < -0.3 is 10.1 Å². The number of ether oxygens (including phenoxy) is 1. The van der Waals surface area contributed by atoms with Crippen molar-refractivity contribution >= 4 is 40.1 Å². The Labute approximate surface area is 220 Å². The fourth-order valence-electron chi connectivity index (χ4n) is 4.15. The van der Waals surface area contributed by atoms with Crippen LogP contribution < -0.4 is 10.1 Å². The second kappa shape index (κ2) is 10.7. The van der Waals surface area contributed by atoms with Crippen molar-refractivity contribution in [1.82, 2.24) is 5.01 Å². The lowest BCUT2D eigenvalue weighted by atomic mass is 9.98. The molecule has 0 unspecified atom stereocenters. The van der Waals surface area contributed by atoms with E-state index in [4.69, 9.17) is 9.84 Å². The van der Waals surface area contributed by atoms with Crippen molar-refractivity contribution < 1.29 is 27.5 Å². The van der Waals surface area contributed by atoms with Crippen LogP contribution in [0.25, 0.3) is 0 Å². The predicted octanol–water partition coefficient (Wildman–Crippen LogP) is 5.29. The molecule has 38 heavy (non-hydrogen) atoms. The Morgan fingerprint density at radius 2 is 1.79 bits per heavy atom. The first-order valence-corrected chi connectivity index (χ1v) is 12.5. The van der Waals surface area contributed by atoms with Crippen LogP contribution in [0, 0.1) is 17.5 Å². The molecule has 0 saturated carbocycles. The van der Waals surface area contributed by atoms with Gasteiger partial charge in [-0.15, -0.1) is 0 Å². The lowest BCUT2D eigenvalue weighted by Gasteiger charge is -2.23. The van der Waals surface area contributed by atoms with E-state index in [1.165, 1.54) is 18.2 Å². The predicted molar refractivity (Wildman–Crippen MR) is 139 cm³/mol. The number of benzene rings is 3. The first-order chi connectivity index (χ1) is 18.3. The van der Waals surface area contributed by atoms with Crippen LogP contribution in [0.5, 0.6) is 5.75 Å². The molecule has 2 atom stereocenters. The molecule has 0 saturated heterocycles. The first-order valence-electron chi connectivity index (χ1n) is 11.6. The Bertz CT molecular complexity index is 1440. The molecule has 194 valence electrons. The number of amidine groups is 1. The zero-order valence-electron chi connectivity index (χ0n) is 20.0. The molecular weight excluding hydrogens is 517 g/mol. The summed E-state index contributed by atoms with van der Waals surface area (Å²) in [5, 5.41) is 8.34. The number of amides is 2. The number of methoxy groups -OCH3 is 1. The summed E-state index contributed by atoms with van der Waals surface area (Å²) in [6, 6.07) is 16.1. The number of nitrogens with one attached hydrogen (secondary N) is 1. The van der Waals surface area contributed by atoms with E-state index in [9.17, 15) is 22.8 Å². The number of rotatable bonds is 6. The van der Waals surface area contributed by atoms with E-state index in [-0.39, 0.29) is 24.0 Å². The molecule has 0 aromatic heterocycles. The summed E-state index contributed by atoms with van der Waals surface area (Å²) in [6.45, 7) is 0. The van der Waals surface area contributed by atoms with E-state index in [0.717, 1.165) is 40.7 Å². The Kier molecular flexibility index (Phi) is 7.19. The minimum Gasteiger partial charge on any atom is -0.497 e. The number of hydrazone groups is 1. The molecule has 2 heterocycles. The molecule has 0 aliphatic carbocycles. The Morgan fingerprint density at radius 3 is 2.47 bits per heavy atom. The molecule has 0 spiro atoms. The van der Waals surface area contributed by atoms with Crippen molar-refractivity contribution in [3.63, 3.8) is 0 Å². The van der Waals surface area contributed by atoms with Gasteiger partial charge in [-0.1, -0.05) is 23.9 Å². The second-order valence-electron chi connectivity index (χ2n) is 8.61. The maximum Gasteiger partial charge on any atom is 0.262 e. The molecule has 1 N–H and O–H groups in total. The number of carbonyl (C=O) groups is 2. The summed E-state index contributed by atoms with van der Waals surface area (Å²) in [7, 11) is 1.58. The number of anilines is 1. The van der Waals surface area contributed by atoms with Gasteiger partial charge in [-0.2, -0.15) is 10.1 Å². The molecule has 3 aromatic carbocycles. The van der Waals surface area contributed by atoms with Crippen molar-refractivity contribution in [1.29, 1.82) is 0 Å². The fraction of sp³-hybridized carbons (Fsp3) is 0.185. The van der Waals surface area contributed by atoms with Crippen molar-refractivity contribution in [2.75, 3.05) is 12.4 Å². The number of aliphatic imine (C=N–C) groups is 1. The maximum atomic E-state index is 13.6. The summed E-state index contributed by atoms with van der Waals surface area (Å²) in [4.78, 5) is 29.4. The third kappa shape index (κ3) is 5.42. The smallest absolute Gasteiger partial charge is 0.262 e. The van der Waals surface area contributed by atoms with Crippen molar-refractivity contribution in [2.24, 2.45) is 10.1 Å². The van der Waals surface area contributed by atoms with Crippen LogP contribution in [-0.4, -0.2) is 40.1 Å². The monoisotopic (exact) mass is 538 g/mol. The summed E-state index contributed by atoms with van der Waals surface area (Å²) in [5.74, 6) is -2.84. The highest BCUT2D eigenvalue weighted by Crippen LogP contribution is 2.38. The van der Waals surface area contributed by atoms with Crippen LogP contribution in [-0.2, 0) is 9.59 Å². The van der Waals surface area contributed by atoms with Crippen LogP contribution in [0.3, 0.4) is 0 Å². The van der Waals surface area contributed by atoms with Crippen molar-refractivity contribution in [2.45, 2.75) is 24.1 Å². The third-order valence-electron chi connectivity index (χ3n) is 6.09. The van der Waals surface area contributed by atoms with Crippen LogP contribution in [0.2, 0.25) is 0 Å². The fourth-order valence-corrected chi connectivity index (χ4v) is 5.21. The molecule has 0 bridgehead atoms. The van der Waals surface area contributed by atoms with E-state index in [1.54, 1.807) is 24.3 Å². The van der Waals surface area contributed by atoms with Gasteiger partial charge in [0.2, 0.25) is 5.91 Å². The Morgan fingerprint density at radius 1 is 1.05 bits per heavy atom. The van der Waals surface area contributed by atoms with Crippen LogP contribution in [0.1, 0.15) is 30.0 Å². The number of carbonyl (C=O) groups excluding carboxylic acids is 2. The number of hydrogen-bond acceptors (Lipinski definition) is 6. The van der Waals surface area contributed by atoms with Gasteiger partial charge in [0, 0.05) is 24.6 Å². The molecule has 5 rings (SSSR count). The van der Waals surface area contributed by atoms with Crippen LogP contribution in [0.4, 0.5) is 18.9 Å². The SMILES string of the molecule is COc1ccc(C2=NN(C3=NC(=O)[C@H](CC(=O)Nc4ccc(F)c(F)c4)S3)[C@H](c3ccc(F)cc3)C2)cc1. The maximum absolute atomic E-state index is 13.6. The van der Waals surface area contributed by atoms with E-state index in [0.29, 0.717) is 17.3 Å². The molecule has 3 aromatic rings. The van der Waals surface area contributed by atoms with E-state index in [2.05, 4.69) is 10.3 Å². The van der Waals surface area contributed by atoms with E-state index in [1.807, 2.05) is 24.3 Å². The van der Waals surface area contributed by atoms with Gasteiger partial charge in [0.25, 0.3) is 5.91 Å². The van der Waals surface area contributed by atoms with Crippen molar-refractivity contribution in [3.05, 3.63) is 95.3 Å². The normalized spacial score (nSPS) is 18.8. The molecule has 7 nitrogen and oxygen atoms in total. The highest BCUT2D eigenvalue weighted by Gasteiger charge is 2.39. The highest BCUT2D eigenvalue weighted by molar-refractivity contribution is 8.15. The summed E-state index contributed by atoms with van der Waals surface area (Å²) < 4.78 is 45.5. The average molecular weight is 539 g/mol.